The smallest absolute Gasteiger partial charge is 0.266 e. The van der Waals surface area contributed by atoms with E-state index in [-0.39, 0.29) is 17.4 Å². The zero-order valence-corrected chi connectivity index (χ0v) is 16.8. The van der Waals surface area contributed by atoms with Crippen molar-refractivity contribution in [2.75, 3.05) is 7.05 Å². The number of halogens is 2. The van der Waals surface area contributed by atoms with Crippen molar-refractivity contribution in [2.24, 2.45) is 10.7 Å². The number of nitrogens with two attached hydrogens (primary N) is 1. The average Bonchev–Trinajstić information content (AvgIpc) is 2.94. The number of aryl methyl sites for hydroxylation is 2. The Hall–Kier alpha value is -3.61. The van der Waals surface area contributed by atoms with Gasteiger partial charge in [0, 0.05) is 24.0 Å². The number of carbonyl (C=O) groups is 1. The van der Waals surface area contributed by atoms with Gasteiger partial charge >= 0.3 is 0 Å². The van der Waals surface area contributed by atoms with Gasteiger partial charge in [-0.3, -0.25) is 14.7 Å². The van der Waals surface area contributed by atoms with Crippen molar-refractivity contribution in [3.63, 3.8) is 0 Å². The summed E-state index contributed by atoms with van der Waals surface area (Å²) in [4.78, 5) is 23.6. The zero-order valence-electron chi connectivity index (χ0n) is 16.8. The maximum atomic E-state index is 14.4. The molecule has 1 aliphatic heterocycles. The lowest BCUT2D eigenvalue weighted by Gasteiger charge is -2.27. The maximum absolute atomic E-state index is 14.4. The van der Waals surface area contributed by atoms with E-state index >= 15 is 0 Å². The molecular weight excluding hydrogens is 386 g/mol. The summed E-state index contributed by atoms with van der Waals surface area (Å²) in [5, 5.41) is 0. The van der Waals surface area contributed by atoms with Crippen LogP contribution in [0.2, 0.25) is 0 Å². The van der Waals surface area contributed by atoms with Crippen molar-refractivity contribution in [2.45, 2.75) is 19.4 Å². The van der Waals surface area contributed by atoms with Crippen LogP contribution in [0, 0.1) is 25.5 Å². The maximum Gasteiger partial charge on any atom is 0.266 e. The SMILES string of the molecule is Cc1cc(C2(c3cccc(-c4cc(F)ccc4F)c3)N=C(N)N(C)C2=O)cc(C)n1. The minimum atomic E-state index is -1.43. The summed E-state index contributed by atoms with van der Waals surface area (Å²) < 4.78 is 28.1. The molecule has 1 unspecified atom stereocenters. The van der Waals surface area contributed by atoms with Gasteiger partial charge in [-0.15, -0.1) is 0 Å². The van der Waals surface area contributed by atoms with Gasteiger partial charge in [0.2, 0.25) is 0 Å². The second-order valence-corrected chi connectivity index (χ2v) is 7.39. The van der Waals surface area contributed by atoms with Crippen LogP contribution in [-0.2, 0) is 10.3 Å². The molecule has 1 amide bonds. The van der Waals surface area contributed by atoms with E-state index in [1.54, 1.807) is 43.4 Å². The molecular formula is C23H20F2N4O. The number of benzene rings is 2. The summed E-state index contributed by atoms with van der Waals surface area (Å²) in [5.74, 6) is -1.36. The summed E-state index contributed by atoms with van der Waals surface area (Å²) >= 11 is 0. The Kier molecular flexibility index (Phi) is 4.61. The molecule has 1 aliphatic rings. The molecule has 30 heavy (non-hydrogen) atoms. The molecule has 152 valence electrons. The van der Waals surface area contributed by atoms with Gasteiger partial charge in [0.25, 0.3) is 5.91 Å². The zero-order chi connectivity index (χ0) is 21.6. The third-order valence-electron chi connectivity index (χ3n) is 5.26. The Morgan fingerprint density at radius 1 is 0.967 bits per heavy atom. The third kappa shape index (κ3) is 3.03. The Balaban J connectivity index is 1.98. The predicted octanol–water partition coefficient (Wildman–Crippen LogP) is 3.67. The summed E-state index contributed by atoms with van der Waals surface area (Å²) in [5.41, 5.74) is 7.70. The predicted molar refractivity (Wildman–Crippen MR) is 111 cm³/mol. The number of rotatable bonds is 3. The molecule has 3 aromatic rings. The molecule has 1 aromatic heterocycles. The van der Waals surface area contributed by atoms with E-state index in [9.17, 15) is 13.6 Å². The molecule has 1 atom stereocenters. The fourth-order valence-electron chi connectivity index (χ4n) is 3.86. The van der Waals surface area contributed by atoms with E-state index < -0.39 is 17.2 Å². The van der Waals surface area contributed by atoms with Crippen molar-refractivity contribution < 1.29 is 13.6 Å². The Morgan fingerprint density at radius 2 is 1.67 bits per heavy atom. The van der Waals surface area contributed by atoms with Crippen LogP contribution in [0.4, 0.5) is 8.78 Å². The third-order valence-corrected chi connectivity index (χ3v) is 5.26. The number of aliphatic imine (C=N–C) groups is 1. The number of likely N-dealkylation sites (N-methyl/N-ethyl adjacent to an activating group) is 1. The molecule has 0 bridgehead atoms. The molecule has 0 saturated heterocycles. The van der Waals surface area contributed by atoms with Gasteiger partial charge < -0.3 is 5.73 Å². The summed E-state index contributed by atoms with van der Waals surface area (Å²) in [7, 11) is 1.56. The van der Waals surface area contributed by atoms with Crippen LogP contribution in [0.25, 0.3) is 11.1 Å². The number of hydrogen-bond donors (Lipinski definition) is 1. The minimum Gasteiger partial charge on any atom is -0.369 e. The average molecular weight is 406 g/mol. The van der Waals surface area contributed by atoms with Crippen molar-refractivity contribution in [3.05, 3.63) is 88.7 Å². The first-order valence-electron chi connectivity index (χ1n) is 9.37. The van der Waals surface area contributed by atoms with E-state index in [1.807, 2.05) is 13.8 Å². The first-order chi connectivity index (χ1) is 14.2. The second kappa shape index (κ2) is 7.02. The molecule has 4 rings (SSSR count). The highest BCUT2D eigenvalue weighted by atomic mass is 19.1. The quantitative estimate of drug-likeness (QED) is 0.721. The van der Waals surface area contributed by atoms with Crippen molar-refractivity contribution in [3.8, 4) is 11.1 Å². The molecule has 5 nitrogen and oxygen atoms in total. The molecule has 2 aromatic carbocycles. The lowest BCUT2D eigenvalue weighted by Crippen LogP contribution is -2.41. The molecule has 0 saturated carbocycles. The highest BCUT2D eigenvalue weighted by Crippen LogP contribution is 2.41. The normalized spacial score (nSPS) is 18.6. The summed E-state index contributed by atoms with van der Waals surface area (Å²) in [6.45, 7) is 3.66. The van der Waals surface area contributed by atoms with Crippen LogP contribution in [0.15, 0.2) is 59.6 Å². The molecule has 2 heterocycles. The van der Waals surface area contributed by atoms with Gasteiger partial charge in [0.1, 0.15) is 11.6 Å². The van der Waals surface area contributed by atoms with Crippen molar-refractivity contribution in [1.29, 1.82) is 0 Å². The van der Waals surface area contributed by atoms with Gasteiger partial charge in [0.05, 0.1) is 0 Å². The van der Waals surface area contributed by atoms with Crippen LogP contribution in [0.5, 0.6) is 0 Å². The van der Waals surface area contributed by atoms with E-state index in [1.165, 1.54) is 4.90 Å². The highest BCUT2D eigenvalue weighted by molar-refractivity contribution is 6.09. The van der Waals surface area contributed by atoms with E-state index in [2.05, 4.69) is 9.98 Å². The summed E-state index contributed by atoms with van der Waals surface area (Å²) in [6, 6.07) is 13.6. The highest BCUT2D eigenvalue weighted by Gasteiger charge is 2.49. The minimum absolute atomic E-state index is 0.0782. The Bertz CT molecular complexity index is 1190. The molecule has 0 aliphatic carbocycles. The fourth-order valence-corrected chi connectivity index (χ4v) is 3.86. The number of aromatic nitrogens is 1. The standard InChI is InChI=1S/C23H20F2N4O/c1-13-9-17(10-14(2)27-13)23(21(30)29(3)22(26)28-23)16-6-4-5-15(11-16)19-12-18(24)7-8-20(19)25/h4-12H,1-3H3,(H2,26,28). The number of pyridine rings is 1. The number of carbonyl (C=O) groups excluding carboxylic acids is 1. The second-order valence-electron chi connectivity index (χ2n) is 7.39. The molecule has 0 spiro atoms. The van der Waals surface area contributed by atoms with Crippen molar-refractivity contribution in [1.82, 2.24) is 9.88 Å². The number of amides is 1. The molecule has 7 heteroatoms. The van der Waals surface area contributed by atoms with Crippen molar-refractivity contribution >= 4 is 11.9 Å². The van der Waals surface area contributed by atoms with Gasteiger partial charge in [-0.2, -0.15) is 0 Å². The van der Waals surface area contributed by atoms with Crippen LogP contribution in [0.3, 0.4) is 0 Å². The molecule has 2 N–H and O–H groups in total. The van der Waals surface area contributed by atoms with E-state index in [0.29, 0.717) is 16.7 Å². The van der Waals surface area contributed by atoms with Gasteiger partial charge in [-0.1, -0.05) is 18.2 Å². The Morgan fingerprint density at radius 3 is 2.30 bits per heavy atom. The monoisotopic (exact) mass is 406 g/mol. The topological polar surface area (TPSA) is 71.6 Å². The van der Waals surface area contributed by atoms with E-state index in [4.69, 9.17) is 5.73 Å². The number of guanidine groups is 1. The van der Waals surface area contributed by atoms with Gasteiger partial charge in [-0.25, -0.2) is 13.8 Å². The van der Waals surface area contributed by atoms with E-state index in [0.717, 1.165) is 29.6 Å². The molecule has 0 fully saturated rings. The van der Waals surface area contributed by atoms with Crippen LogP contribution in [-0.4, -0.2) is 28.8 Å². The fraction of sp³-hybridized carbons (Fsp3) is 0.174. The molecule has 0 radical (unpaired) electrons. The first-order valence-corrected chi connectivity index (χ1v) is 9.37. The Labute approximate surface area is 172 Å². The lowest BCUT2D eigenvalue weighted by molar-refractivity contribution is -0.129. The van der Waals surface area contributed by atoms with Crippen LogP contribution >= 0.6 is 0 Å². The first kappa shape index (κ1) is 19.7. The number of hydrogen-bond acceptors (Lipinski definition) is 4. The van der Waals surface area contributed by atoms with Gasteiger partial charge in [0.15, 0.2) is 11.5 Å². The van der Waals surface area contributed by atoms with Gasteiger partial charge in [-0.05, 0) is 66.9 Å². The lowest BCUT2D eigenvalue weighted by atomic mass is 9.81. The largest absolute Gasteiger partial charge is 0.369 e. The summed E-state index contributed by atoms with van der Waals surface area (Å²) in [6.07, 6.45) is 0. The van der Waals surface area contributed by atoms with Crippen LogP contribution < -0.4 is 5.73 Å². The van der Waals surface area contributed by atoms with Crippen LogP contribution in [0.1, 0.15) is 22.5 Å². The number of nitrogens with zero attached hydrogens (tertiary/aromatic N) is 3.